The van der Waals surface area contributed by atoms with E-state index in [0.717, 1.165) is 5.56 Å². The van der Waals surface area contributed by atoms with Crippen molar-refractivity contribution >= 4 is 5.97 Å². The van der Waals surface area contributed by atoms with Crippen LogP contribution in [0.3, 0.4) is 0 Å². The third kappa shape index (κ3) is 2.76. The Morgan fingerprint density at radius 3 is 2.64 bits per heavy atom. The minimum Gasteiger partial charge on any atom is -0.508 e. The first-order valence-corrected chi connectivity index (χ1v) is 4.12. The number of carbonyl (C=O) groups is 1. The number of benzene rings is 1. The van der Waals surface area contributed by atoms with Gasteiger partial charge in [0.05, 0.1) is 12.2 Å². The summed E-state index contributed by atoms with van der Waals surface area (Å²) in [5.41, 5.74) is 1.12. The first-order chi connectivity index (χ1) is 6.15. The monoisotopic (exact) mass is 196 g/mol. The van der Waals surface area contributed by atoms with E-state index in [2.05, 4.69) is 0 Å². The summed E-state index contributed by atoms with van der Waals surface area (Å²) in [5.74, 6) is -0.289. The molecule has 0 heterocycles. The number of aromatic hydroxyl groups is 1. The summed E-state index contributed by atoms with van der Waals surface area (Å²) in [6, 6.07) is 4.72. The van der Waals surface area contributed by atoms with Gasteiger partial charge in [-0.1, -0.05) is 13.5 Å². The molecule has 1 aromatic rings. The Labute approximate surface area is 84.3 Å². The number of phenolic OH excluding ortho intramolecular Hbond substituents is 1. The molecular weight excluding hydrogens is 180 g/mol. The highest BCUT2D eigenvalue weighted by molar-refractivity contribution is 5.89. The van der Waals surface area contributed by atoms with Gasteiger partial charge < -0.3 is 9.84 Å². The lowest BCUT2D eigenvalue weighted by Gasteiger charge is -2.03. The van der Waals surface area contributed by atoms with Crippen LogP contribution in [-0.4, -0.2) is 17.7 Å². The minimum absolute atomic E-state index is 0. The van der Waals surface area contributed by atoms with Gasteiger partial charge in [-0.25, -0.2) is 4.79 Å². The molecule has 1 aromatic carbocycles. The Morgan fingerprint density at radius 2 is 2.14 bits per heavy atom. The maximum Gasteiger partial charge on any atom is 0.338 e. The molecule has 0 atom stereocenters. The van der Waals surface area contributed by atoms with Crippen molar-refractivity contribution in [2.24, 2.45) is 0 Å². The normalized spacial score (nSPS) is 9.00. The maximum absolute atomic E-state index is 11.2. The van der Waals surface area contributed by atoms with Gasteiger partial charge in [-0.2, -0.15) is 0 Å². The molecular formula is C11H16O3. The largest absolute Gasteiger partial charge is 0.508 e. The second-order valence-corrected chi connectivity index (χ2v) is 2.72. The fourth-order valence-corrected chi connectivity index (χ4v) is 0.951. The fourth-order valence-electron chi connectivity index (χ4n) is 0.951. The molecule has 0 saturated carbocycles. The second-order valence-electron chi connectivity index (χ2n) is 2.72. The Bertz CT molecular complexity index is 318. The van der Waals surface area contributed by atoms with E-state index >= 15 is 0 Å². The van der Waals surface area contributed by atoms with Gasteiger partial charge >= 0.3 is 5.97 Å². The van der Waals surface area contributed by atoms with Crippen molar-refractivity contribution < 1.29 is 14.6 Å². The molecule has 3 nitrogen and oxygen atoms in total. The molecule has 0 unspecified atom stereocenters. The van der Waals surface area contributed by atoms with Crippen LogP contribution in [0.4, 0.5) is 0 Å². The van der Waals surface area contributed by atoms with Gasteiger partial charge in [-0.3, -0.25) is 0 Å². The van der Waals surface area contributed by atoms with Crippen molar-refractivity contribution in [3.05, 3.63) is 29.3 Å². The van der Waals surface area contributed by atoms with Crippen molar-refractivity contribution in [3.8, 4) is 5.75 Å². The van der Waals surface area contributed by atoms with Crippen LogP contribution in [0.25, 0.3) is 0 Å². The van der Waals surface area contributed by atoms with Gasteiger partial charge in [0.1, 0.15) is 5.75 Å². The van der Waals surface area contributed by atoms with Crippen LogP contribution in [0.1, 0.15) is 30.3 Å². The molecule has 0 saturated heterocycles. The Hall–Kier alpha value is -1.51. The number of carbonyl (C=O) groups excluding carboxylic acids is 1. The number of esters is 1. The number of hydrogen-bond donors (Lipinski definition) is 1. The molecule has 1 N–H and O–H groups in total. The van der Waals surface area contributed by atoms with Crippen LogP contribution in [0.15, 0.2) is 18.2 Å². The zero-order chi connectivity index (χ0) is 9.84. The lowest BCUT2D eigenvalue weighted by atomic mass is 10.1. The lowest BCUT2D eigenvalue weighted by molar-refractivity contribution is 0.0526. The fraction of sp³-hybridized carbons (Fsp3) is 0.364. The van der Waals surface area contributed by atoms with Gasteiger partial charge in [0.2, 0.25) is 0 Å². The molecule has 3 heteroatoms. The smallest absolute Gasteiger partial charge is 0.338 e. The molecule has 0 fully saturated rings. The summed E-state index contributed by atoms with van der Waals surface area (Å²) in [4.78, 5) is 11.2. The Kier molecular flexibility index (Phi) is 4.70. The summed E-state index contributed by atoms with van der Waals surface area (Å²) in [6.07, 6.45) is 0. The van der Waals surface area contributed by atoms with E-state index in [1.165, 1.54) is 6.07 Å². The summed E-state index contributed by atoms with van der Waals surface area (Å²) in [5, 5.41) is 9.31. The van der Waals surface area contributed by atoms with Gasteiger partial charge in [-0.15, -0.1) is 0 Å². The molecule has 0 aromatic heterocycles. The van der Waals surface area contributed by atoms with Crippen molar-refractivity contribution in [2.75, 3.05) is 6.61 Å². The zero-order valence-corrected chi connectivity index (χ0v) is 7.70. The lowest BCUT2D eigenvalue weighted by Crippen LogP contribution is -2.04. The Balaban J connectivity index is 0.00000169. The number of ether oxygens (including phenoxy) is 1. The predicted octanol–water partition coefficient (Wildman–Crippen LogP) is 2.51. The van der Waals surface area contributed by atoms with E-state index in [9.17, 15) is 9.90 Å². The topological polar surface area (TPSA) is 46.5 Å². The van der Waals surface area contributed by atoms with Gasteiger partial charge in [0.15, 0.2) is 0 Å². The Morgan fingerprint density at radius 1 is 1.50 bits per heavy atom. The highest BCUT2D eigenvalue weighted by Crippen LogP contribution is 2.17. The molecule has 1 rings (SSSR count). The standard InChI is InChI=1S/C10H12O3.CH4/c1-3-13-10(12)8-5-4-7(2)9(11)6-8;/h4-6,11H,3H2,1-2H3;1H4. The minimum atomic E-state index is -0.405. The number of hydrogen-bond acceptors (Lipinski definition) is 3. The van der Waals surface area contributed by atoms with E-state index in [-0.39, 0.29) is 13.2 Å². The highest BCUT2D eigenvalue weighted by atomic mass is 16.5. The van der Waals surface area contributed by atoms with Gasteiger partial charge in [0, 0.05) is 0 Å². The van der Waals surface area contributed by atoms with Gasteiger partial charge in [0.25, 0.3) is 0 Å². The molecule has 0 amide bonds. The SMILES string of the molecule is C.CCOC(=O)c1ccc(C)c(O)c1. The third-order valence-corrected chi connectivity index (χ3v) is 1.72. The van der Waals surface area contributed by atoms with Crippen LogP contribution >= 0.6 is 0 Å². The van der Waals surface area contributed by atoms with E-state index < -0.39 is 5.97 Å². The van der Waals surface area contributed by atoms with E-state index in [4.69, 9.17) is 4.74 Å². The molecule has 0 bridgehead atoms. The van der Waals surface area contributed by atoms with E-state index in [1.54, 1.807) is 26.0 Å². The summed E-state index contributed by atoms with van der Waals surface area (Å²) in [6.45, 7) is 3.85. The number of phenols is 1. The molecule has 0 spiro atoms. The van der Waals surface area contributed by atoms with Crippen LogP contribution in [0, 0.1) is 6.92 Å². The summed E-state index contributed by atoms with van der Waals surface area (Å²) < 4.78 is 4.77. The van der Waals surface area contributed by atoms with Crippen molar-refractivity contribution in [1.29, 1.82) is 0 Å². The average molecular weight is 196 g/mol. The number of aryl methyl sites for hydroxylation is 1. The quantitative estimate of drug-likeness (QED) is 0.739. The summed E-state index contributed by atoms with van der Waals surface area (Å²) in [7, 11) is 0. The average Bonchev–Trinajstić information content (AvgIpc) is 2.10. The zero-order valence-electron chi connectivity index (χ0n) is 7.70. The van der Waals surface area contributed by atoms with E-state index in [1.807, 2.05) is 0 Å². The molecule has 14 heavy (non-hydrogen) atoms. The molecule has 0 aliphatic carbocycles. The third-order valence-electron chi connectivity index (χ3n) is 1.72. The van der Waals surface area contributed by atoms with Crippen LogP contribution in [0.5, 0.6) is 5.75 Å². The van der Waals surface area contributed by atoms with Crippen molar-refractivity contribution in [3.63, 3.8) is 0 Å². The molecule has 78 valence electrons. The molecule has 0 aliphatic heterocycles. The number of rotatable bonds is 2. The first kappa shape index (κ1) is 12.5. The molecule has 0 radical (unpaired) electrons. The summed E-state index contributed by atoms with van der Waals surface area (Å²) >= 11 is 0. The van der Waals surface area contributed by atoms with Crippen LogP contribution in [0.2, 0.25) is 0 Å². The molecule has 0 aliphatic rings. The van der Waals surface area contributed by atoms with Crippen LogP contribution in [-0.2, 0) is 4.74 Å². The van der Waals surface area contributed by atoms with Crippen molar-refractivity contribution in [2.45, 2.75) is 21.3 Å². The van der Waals surface area contributed by atoms with Crippen LogP contribution < -0.4 is 0 Å². The second kappa shape index (κ2) is 5.27. The van der Waals surface area contributed by atoms with Gasteiger partial charge in [-0.05, 0) is 31.5 Å². The first-order valence-electron chi connectivity index (χ1n) is 4.12. The van der Waals surface area contributed by atoms with E-state index in [0.29, 0.717) is 12.2 Å². The maximum atomic E-state index is 11.2. The van der Waals surface area contributed by atoms with Crippen molar-refractivity contribution in [1.82, 2.24) is 0 Å². The highest BCUT2D eigenvalue weighted by Gasteiger charge is 2.07. The predicted molar refractivity (Wildman–Crippen MR) is 55.5 cm³/mol.